The lowest BCUT2D eigenvalue weighted by atomic mass is 10.0. The number of alkyl halides is 3. The van der Waals surface area contributed by atoms with Gasteiger partial charge in [-0.2, -0.15) is 18.3 Å². The van der Waals surface area contributed by atoms with E-state index in [1.807, 2.05) is 13.0 Å². The maximum absolute atomic E-state index is 13.1. The zero-order valence-electron chi connectivity index (χ0n) is 18.4. The van der Waals surface area contributed by atoms with E-state index in [1.165, 1.54) is 11.9 Å². The number of piperidine rings is 1. The van der Waals surface area contributed by atoms with Crippen molar-refractivity contribution in [1.29, 1.82) is 0 Å². The summed E-state index contributed by atoms with van der Waals surface area (Å²) in [6, 6.07) is 1.95. The van der Waals surface area contributed by atoms with E-state index in [-0.39, 0.29) is 6.04 Å². The summed E-state index contributed by atoms with van der Waals surface area (Å²) in [6.07, 6.45) is -0.828. The minimum Gasteiger partial charge on any atom is -0.370 e. The molecule has 4 rings (SSSR count). The van der Waals surface area contributed by atoms with Gasteiger partial charge < -0.3 is 19.7 Å². The number of halogens is 3. The second-order valence-electron chi connectivity index (χ2n) is 8.21. The molecule has 3 aromatic heterocycles. The minimum absolute atomic E-state index is 0.122. The van der Waals surface area contributed by atoms with Crippen LogP contribution in [0.2, 0.25) is 0 Å². The number of nitrogens with zero attached hydrogens (tertiary/aromatic N) is 5. The van der Waals surface area contributed by atoms with Crippen LogP contribution >= 0.6 is 0 Å². The van der Waals surface area contributed by atoms with Crippen LogP contribution < -0.4 is 15.8 Å². The molecule has 2 N–H and O–H groups in total. The van der Waals surface area contributed by atoms with E-state index in [1.54, 1.807) is 13.2 Å². The van der Waals surface area contributed by atoms with Gasteiger partial charge in [-0.3, -0.25) is 9.89 Å². The second kappa shape index (κ2) is 8.41. The molecule has 0 unspecified atom stereocenters. The van der Waals surface area contributed by atoms with Crippen molar-refractivity contribution in [3.8, 4) is 0 Å². The van der Waals surface area contributed by atoms with Gasteiger partial charge in [0.25, 0.3) is 5.56 Å². The third-order valence-electron chi connectivity index (χ3n) is 6.04. The van der Waals surface area contributed by atoms with Gasteiger partial charge in [-0.25, -0.2) is 9.78 Å². The monoisotopic (exact) mass is 463 g/mol. The molecule has 0 radical (unpaired) electrons. The van der Waals surface area contributed by atoms with Crippen LogP contribution in [0.25, 0.3) is 11.0 Å². The van der Waals surface area contributed by atoms with E-state index in [2.05, 4.69) is 25.4 Å². The summed E-state index contributed by atoms with van der Waals surface area (Å²) in [7, 11) is 2.79. The Kier molecular flexibility index (Phi) is 5.76. The zero-order valence-corrected chi connectivity index (χ0v) is 18.4. The molecule has 0 atom stereocenters. The van der Waals surface area contributed by atoms with Crippen molar-refractivity contribution < 1.29 is 18.0 Å². The van der Waals surface area contributed by atoms with E-state index < -0.39 is 29.0 Å². The Balaban J connectivity index is 1.42. The van der Waals surface area contributed by atoms with Gasteiger partial charge in [0, 0.05) is 44.8 Å². The Morgan fingerprint density at radius 1 is 1.27 bits per heavy atom. The molecule has 0 saturated carbocycles. The first kappa shape index (κ1) is 22.6. The molecule has 176 valence electrons. The van der Waals surface area contributed by atoms with E-state index >= 15 is 0 Å². The number of pyridine rings is 2. The molecule has 3 aromatic rings. The number of aromatic nitrogens is 4. The van der Waals surface area contributed by atoms with Crippen molar-refractivity contribution in [3.05, 3.63) is 46.1 Å². The highest BCUT2D eigenvalue weighted by molar-refractivity contribution is 5.89. The van der Waals surface area contributed by atoms with Crippen LogP contribution in [-0.2, 0) is 13.2 Å². The van der Waals surface area contributed by atoms with Crippen molar-refractivity contribution in [2.45, 2.75) is 32.0 Å². The molecule has 2 amide bonds. The number of H-pyrrole nitrogens is 1. The molecule has 0 aromatic carbocycles. The number of carbonyl (C=O) groups excluding carboxylic acids is 1. The normalized spacial score (nSPS) is 15.2. The fourth-order valence-electron chi connectivity index (χ4n) is 4.03. The number of urea groups is 1. The third kappa shape index (κ3) is 4.50. The molecule has 1 fully saturated rings. The molecule has 0 aliphatic carbocycles. The first-order valence-electron chi connectivity index (χ1n) is 10.4. The first-order valence-corrected chi connectivity index (χ1v) is 10.4. The number of carbonyl (C=O) groups is 1. The summed E-state index contributed by atoms with van der Waals surface area (Å²) in [4.78, 5) is 32.9. The van der Waals surface area contributed by atoms with E-state index in [4.69, 9.17) is 0 Å². The number of amides is 2. The average Bonchev–Trinajstić information content (AvgIpc) is 3.15. The van der Waals surface area contributed by atoms with Gasteiger partial charge in [0.1, 0.15) is 5.69 Å². The maximum atomic E-state index is 13.1. The summed E-state index contributed by atoms with van der Waals surface area (Å²) >= 11 is 0. The number of hydrogen-bond donors (Lipinski definition) is 2. The highest BCUT2D eigenvalue weighted by Crippen LogP contribution is 2.30. The first-order chi connectivity index (χ1) is 15.5. The fraction of sp³-hybridized carbons (Fsp3) is 0.429. The molecule has 4 heterocycles. The molecule has 33 heavy (non-hydrogen) atoms. The number of fused-ring (bicyclic) bond motifs is 1. The van der Waals surface area contributed by atoms with Crippen molar-refractivity contribution >= 4 is 28.4 Å². The molecule has 1 saturated heterocycles. The van der Waals surface area contributed by atoms with Crippen LogP contribution in [0.4, 0.5) is 29.3 Å². The highest BCUT2D eigenvalue weighted by atomic mass is 19.4. The fourth-order valence-corrected chi connectivity index (χ4v) is 4.03. The molecule has 0 bridgehead atoms. The second-order valence-corrected chi connectivity index (χ2v) is 8.21. The van der Waals surface area contributed by atoms with E-state index in [0.29, 0.717) is 38.2 Å². The lowest BCUT2D eigenvalue weighted by Gasteiger charge is -2.37. The van der Waals surface area contributed by atoms with Crippen LogP contribution in [-0.4, -0.2) is 56.9 Å². The number of nitrogens with one attached hydrogen (secondary N) is 2. The van der Waals surface area contributed by atoms with Gasteiger partial charge in [0.15, 0.2) is 5.65 Å². The topological polar surface area (TPSA) is 99.2 Å². The summed E-state index contributed by atoms with van der Waals surface area (Å²) in [5.41, 5.74) is 0.433. The van der Waals surface area contributed by atoms with Crippen molar-refractivity contribution in [3.63, 3.8) is 0 Å². The molecule has 0 spiro atoms. The molecule has 12 heteroatoms. The Bertz CT molecular complexity index is 1240. The van der Waals surface area contributed by atoms with Gasteiger partial charge in [-0.1, -0.05) is 0 Å². The number of aryl methyl sites for hydroxylation is 2. The van der Waals surface area contributed by atoms with Gasteiger partial charge in [-0.15, -0.1) is 0 Å². The number of rotatable bonds is 3. The predicted molar refractivity (Wildman–Crippen MR) is 117 cm³/mol. The largest absolute Gasteiger partial charge is 0.417 e. The van der Waals surface area contributed by atoms with Gasteiger partial charge in [-0.05, 0) is 31.9 Å². The van der Waals surface area contributed by atoms with Crippen LogP contribution in [0.15, 0.2) is 29.3 Å². The van der Waals surface area contributed by atoms with Gasteiger partial charge in [0.2, 0.25) is 0 Å². The van der Waals surface area contributed by atoms with E-state index in [9.17, 15) is 22.8 Å². The lowest BCUT2D eigenvalue weighted by molar-refractivity contribution is -0.138. The lowest BCUT2D eigenvalue weighted by Crippen LogP contribution is -2.47. The van der Waals surface area contributed by atoms with Gasteiger partial charge >= 0.3 is 12.2 Å². The third-order valence-corrected chi connectivity index (χ3v) is 6.04. The quantitative estimate of drug-likeness (QED) is 0.622. The Labute approximate surface area is 187 Å². The Morgan fingerprint density at radius 2 is 1.97 bits per heavy atom. The summed E-state index contributed by atoms with van der Waals surface area (Å²) in [5, 5.41) is 10.3. The zero-order chi connectivity index (χ0) is 23.9. The highest BCUT2D eigenvalue weighted by Gasteiger charge is 2.33. The van der Waals surface area contributed by atoms with Crippen LogP contribution in [0.3, 0.4) is 0 Å². The standard InChI is InChI=1S/C21H24F3N7O2/c1-12-16-9-15(10-25-18(16)28-27-12)31-6-4-14(5-7-31)30(3)20(33)26-17-8-13(21(22,23)24)11-29(2)19(17)32/h8-11,14H,4-7H2,1-3H3,(H,26,33)(H,25,27,28). The van der Waals surface area contributed by atoms with Gasteiger partial charge in [0.05, 0.1) is 23.1 Å². The number of aromatic amines is 1. The Morgan fingerprint density at radius 3 is 2.64 bits per heavy atom. The SMILES string of the molecule is Cc1n[nH]c2ncc(N3CCC(N(C)C(=O)Nc4cc(C(F)(F)F)cn(C)c4=O)CC3)cc12. The molecule has 1 aliphatic rings. The summed E-state index contributed by atoms with van der Waals surface area (Å²) in [5.74, 6) is 0. The molecule has 1 aliphatic heterocycles. The predicted octanol–water partition coefficient (Wildman–Crippen LogP) is 3.12. The maximum Gasteiger partial charge on any atom is 0.417 e. The minimum atomic E-state index is -4.63. The summed E-state index contributed by atoms with van der Waals surface area (Å²) < 4.78 is 40.0. The van der Waals surface area contributed by atoms with Crippen molar-refractivity contribution in [2.75, 3.05) is 30.4 Å². The van der Waals surface area contributed by atoms with Crippen LogP contribution in [0.1, 0.15) is 24.1 Å². The number of anilines is 2. The number of hydrogen-bond acceptors (Lipinski definition) is 5. The van der Waals surface area contributed by atoms with Crippen molar-refractivity contribution in [2.24, 2.45) is 7.05 Å². The molecular formula is C21H24F3N7O2. The van der Waals surface area contributed by atoms with Crippen LogP contribution in [0.5, 0.6) is 0 Å². The average molecular weight is 463 g/mol. The molecule has 9 nitrogen and oxygen atoms in total. The molecular weight excluding hydrogens is 439 g/mol. The van der Waals surface area contributed by atoms with Crippen molar-refractivity contribution in [1.82, 2.24) is 24.6 Å². The smallest absolute Gasteiger partial charge is 0.370 e. The van der Waals surface area contributed by atoms with Crippen LogP contribution in [0, 0.1) is 6.92 Å². The summed E-state index contributed by atoms with van der Waals surface area (Å²) in [6.45, 7) is 3.26. The van der Waals surface area contributed by atoms with E-state index in [0.717, 1.165) is 27.0 Å². The Hall–Kier alpha value is -3.57.